The summed E-state index contributed by atoms with van der Waals surface area (Å²) in [5.41, 5.74) is 0.554. The topological polar surface area (TPSA) is 128 Å². The first-order valence-electron chi connectivity index (χ1n) is 9.31. The maximum atomic E-state index is 12.7. The van der Waals surface area contributed by atoms with Crippen molar-refractivity contribution < 1.29 is 34.1 Å². The van der Waals surface area contributed by atoms with Crippen LogP contribution in [-0.2, 0) is 9.59 Å². The number of carboxylic acids is 1. The second kappa shape index (κ2) is 8.89. The molecule has 0 unspecified atom stereocenters. The Balaban J connectivity index is 1.37. The molecule has 2 aliphatic heterocycles. The number of carbonyl (C=O) groups excluding carboxylic acids is 2. The second-order valence-electron chi connectivity index (χ2n) is 6.76. The molecule has 11 heteroatoms. The van der Waals surface area contributed by atoms with Crippen molar-refractivity contribution in [3.63, 3.8) is 0 Å². The number of amides is 2. The molecule has 0 aromatic heterocycles. The standard InChI is InChI=1S/C21H16N2O7S2/c24-14-9-12(2-3-13(14)20(27)28)22-18(25)5-6-23-19(26)17(32-21(23)31)8-11-1-4-15-16(7-11)30-10-29-15/h1-4,7-9,24H,5-6,10H2,(H,22,25)(H,27,28)/p-1. The molecule has 2 amide bonds. The number of fused-ring (bicyclic) bond motifs is 1. The number of anilines is 1. The van der Waals surface area contributed by atoms with Crippen LogP contribution in [0.3, 0.4) is 0 Å². The summed E-state index contributed by atoms with van der Waals surface area (Å²) in [7, 11) is 0. The van der Waals surface area contributed by atoms with Crippen LogP contribution in [0.4, 0.5) is 5.69 Å². The first-order valence-corrected chi connectivity index (χ1v) is 10.5. The van der Waals surface area contributed by atoms with Crippen molar-refractivity contribution in [1.82, 2.24) is 4.90 Å². The van der Waals surface area contributed by atoms with Crippen LogP contribution in [0.15, 0.2) is 41.3 Å². The Bertz CT molecular complexity index is 1180. The predicted octanol–water partition coefficient (Wildman–Crippen LogP) is 2.42. The van der Waals surface area contributed by atoms with E-state index in [0.29, 0.717) is 20.7 Å². The molecule has 0 bridgehead atoms. The Morgan fingerprint density at radius 2 is 2.00 bits per heavy atom. The highest BCUT2D eigenvalue weighted by Crippen LogP contribution is 2.36. The highest BCUT2D eigenvalue weighted by Gasteiger charge is 2.32. The molecule has 2 aromatic carbocycles. The van der Waals surface area contributed by atoms with Crippen molar-refractivity contribution >= 4 is 57.8 Å². The predicted molar refractivity (Wildman–Crippen MR) is 119 cm³/mol. The number of hydrogen-bond acceptors (Lipinski definition) is 8. The summed E-state index contributed by atoms with van der Waals surface area (Å²) in [5, 5.41) is 23.1. The Hall–Kier alpha value is -3.57. The molecular formula is C21H15N2O7S2-. The van der Waals surface area contributed by atoms with E-state index in [2.05, 4.69) is 5.32 Å². The summed E-state index contributed by atoms with van der Waals surface area (Å²) in [4.78, 5) is 37.6. The Kier molecular flexibility index (Phi) is 6.01. The van der Waals surface area contributed by atoms with Crippen molar-refractivity contribution in [2.45, 2.75) is 6.42 Å². The van der Waals surface area contributed by atoms with E-state index >= 15 is 0 Å². The minimum Gasteiger partial charge on any atom is -0.872 e. The molecule has 0 radical (unpaired) electrons. The molecule has 0 aliphatic carbocycles. The van der Waals surface area contributed by atoms with E-state index in [1.807, 2.05) is 0 Å². The molecule has 0 saturated carbocycles. The number of aromatic carboxylic acids is 1. The molecule has 0 atom stereocenters. The molecule has 4 rings (SSSR count). The van der Waals surface area contributed by atoms with Gasteiger partial charge in [-0.25, -0.2) is 4.79 Å². The van der Waals surface area contributed by atoms with Crippen LogP contribution in [0.1, 0.15) is 22.3 Å². The molecule has 1 fully saturated rings. The van der Waals surface area contributed by atoms with Crippen LogP contribution in [0.2, 0.25) is 0 Å². The zero-order valence-corrected chi connectivity index (χ0v) is 18.0. The van der Waals surface area contributed by atoms with Crippen LogP contribution < -0.4 is 19.9 Å². The van der Waals surface area contributed by atoms with E-state index < -0.39 is 17.6 Å². The first-order chi connectivity index (χ1) is 15.3. The highest BCUT2D eigenvalue weighted by atomic mass is 32.2. The average molecular weight is 471 g/mol. The Labute approximate surface area is 191 Å². The number of carboxylic acid groups (broad SMARTS) is 1. The summed E-state index contributed by atoms with van der Waals surface area (Å²) >= 11 is 6.42. The van der Waals surface area contributed by atoms with Gasteiger partial charge >= 0.3 is 5.97 Å². The van der Waals surface area contributed by atoms with Crippen molar-refractivity contribution in [3.05, 3.63) is 52.4 Å². The van der Waals surface area contributed by atoms with Gasteiger partial charge in [0.1, 0.15) is 4.32 Å². The molecule has 2 aliphatic rings. The van der Waals surface area contributed by atoms with Gasteiger partial charge in [0.25, 0.3) is 5.91 Å². The summed E-state index contributed by atoms with van der Waals surface area (Å²) < 4.78 is 10.9. The van der Waals surface area contributed by atoms with Gasteiger partial charge in [-0.2, -0.15) is 0 Å². The van der Waals surface area contributed by atoms with Gasteiger partial charge in [0.05, 0.1) is 10.5 Å². The molecule has 1 saturated heterocycles. The van der Waals surface area contributed by atoms with Crippen molar-refractivity contribution in [2.24, 2.45) is 0 Å². The third-order valence-electron chi connectivity index (χ3n) is 4.63. The lowest BCUT2D eigenvalue weighted by Gasteiger charge is -2.15. The van der Waals surface area contributed by atoms with Gasteiger partial charge in [-0.3, -0.25) is 14.5 Å². The quantitative estimate of drug-likeness (QED) is 0.482. The number of nitrogens with one attached hydrogen (secondary N) is 1. The molecular weight excluding hydrogens is 456 g/mol. The zero-order valence-electron chi connectivity index (χ0n) is 16.3. The van der Waals surface area contributed by atoms with Crippen molar-refractivity contribution in [1.29, 1.82) is 0 Å². The van der Waals surface area contributed by atoms with E-state index in [0.717, 1.165) is 29.5 Å². The monoisotopic (exact) mass is 471 g/mol. The number of ether oxygens (including phenoxy) is 2. The van der Waals surface area contributed by atoms with Crippen LogP contribution >= 0.6 is 24.0 Å². The lowest BCUT2D eigenvalue weighted by Crippen LogP contribution is -2.31. The fourth-order valence-corrected chi connectivity index (χ4v) is 4.37. The maximum absolute atomic E-state index is 12.7. The van der Waals surface area contributed by atoms with Crippen molar-refractivity contribution in [3.8, 4) is 17.2 Å². The third kappa shape index (κ3) is 4.53. The number of nitrogens with zero attached hydrogens (tertiary/aromatic N) is 1. The number of thiocarbonyl (C=S) groups is 1. The van der Waals surface area contributed by atoms with Crippen LogP contribution in [0.5, 0.6) is 17.2 Å². The van der Waals surface area contributed by atoms with E-state index in [1.165, 1.54) is 11.0 Å². The largest absolute Gasteiger partial charge is 0.872 e. The van der Waals surface area contributed by atoms with E-state index in [1.54, 1.807) is 24.3 Å². The third-order valence-corrected chi connectivity index (χ3v) is 6.00. The number of hydrogen-bond donors (Lipinski definition) is 2. The SMILES string of the molecule is O=C(CCN1C(=O)C(=Cc2ccc3c(c2)OCO3)SC1=S)Nc1ccc(C(=O)O)c([O-])c1. The van der Waals surface area contributed by atoms with E-state index in [-0.39, 0.29) is 36.9 Å². The average Bonchev–Trinajstić information content (AvgIpc) is 3.30. The van der Waals surface area contributed by atoms with E-state index in [4.69, 9.17) is 26.8 Å². The summed E-state index contributed by atoms with van der Waals surface area (Å²) in [6.07, 6.45) is 1.64. The number of rotatable bonds is 6. The van der Waals surface area contributed by atoms with Crippen molar-refractivity contribution in [2.75, 3.05) is 18.7 Å². The van der Waals surface area contributed by atoms with Gasteiger partial charge < -0.3 is 25.0 Å². The van der Waals surface area contributed by atoms with Gasteiger partial charge in [0, 0.05) is 18.7 Å². The maximum Gasteiger partial charge on any atom is 0.335 e. The normalized spacial score (nSPS) is 16.0. The van der Waals surface area contributed by atoms with Gasteiger partial charge in [0.2, 0.25) is 12.7 Å². The Morgan fingerprint density at radius 3 is 2.75 bits per heavy atom. The molecule has 0 spiro atoms. The summed E-state index contributed by atoms with van der Waals surface area (Å²) in [5.74, 6) is -1.55. The molecule has 32 heavy (non-hydrogen) atoms. The van der Waals surface area contributed by atoms with Gasteiger partial charge in [-0.05, 0) is 42.0 Å². The van der Waals surface area contributed by atoms with E-state index in [9.17, 15) is 19.5 Å². The fraction of sp³-hybridized carbons (Fsp3) is 0.143. The summed E-state index contributed by atoms with van der Waals surface area (Å²) in [6.45, 7) is 0.217. The second-order valence-corrected chi connectivity index (χ2v) is 8.44. The molecule has 2 N–H and O–H groups in total. The minimum absolute atomic E-state index is 0.0569. The number of thioether (sulfide) groups is 1. The van der Waals surface area contributed by atoms with Gasteiger partial charge in [-0.1, -0.05) is 35.8 Å². The lowest BCUT2D eigenvalue weighted by atomic mass is 10.2. The number of benzene rings is 2. The highest BCUT2D eigenvalue weighted by molar-refractivity contribution is 8.26. The van der Waals surface area contributed by atoms with Crippen LogP contribution in [-0.4, -0.2) is 45.4 Å². The zero-order chi connectivity index (χ0) is 22.8. The van der Waals surface area contributed by atoms with Gasteiger partial charge in [-0.15, -0.1) is 0 Å². The first kappa shape index (κ1) is 21.7. The molecule has 2 aromatic rings. The lowest BCUT2D eigenvalue weighted by molar-refractivity contribution is -0.268. The van der Waals surface area contributed by atoms with Gasteiger partial charge in [0.15, 0.2) is 11.5 Å². The fourth-order valence-electron chi connectivity index (χ4n) is 3.06. The minimum atomic E-state index is -1.34. The van der Waals surface area contributed by atoms with Crippen LogP contribution in [0.25, 0.3) is 6.08 Å². The molecule has 2 heterocycles. The number of carbonyl (C=O) groups is 3. The Morgan fingerprint density at radius 1 is 1.22 bits per heavy atom. The smallest absolute Gasteiger partial charge is 0.335 e. The molecule has 164 valence electrons. The molecule has 9 nitrogen and oxygen atoms in total. The van der Waals surface area contributed by atoms with Crippen LogP contribution in [0, 0.1) is 0 Å². The summed E-state index contributed by atoms with van der Waals surface area (Å²) in [6, 6.07) is 8.82.